The summed E-state index contributed by atoms with van der Waals surface area (Å²) in [6, 6.07) is 0. The molecule has 0 aliphatic rings. The predicted molar refractivity (Wildman–Crippen MR) is 56.8 cm³/mol. The van der Waals surface area contributed by atoms with Gasteiger partial charge in [0.05, 0.1) is 18.0 Å². The van der Waals surface area contributed by atoms with Gasteiger partial charge in [0.2, 0.25) is 15.9 Å². The quantitative estimate of drug-likeness (QED) is 0.824. The first-order valence-electron chi connectivity index (χ1n) is 4.87. The van der Waals surface area contributed by atoms with Crippen LogP contribution in [0.4, 0.5) is 0 Å². The van der Waals surface area contributed by atoms with Crippen molar-refractivity contribution in [3.63, 3.8) is 0 Å². The number of nitrogens with one attached hydrogen (secondary N) is 1. The molecule has 0 bridgehead atoms. The minimum Gasteiger partial charge on any atom is -0.444 e. The van der Waals surface area contributed by atoms with E-state index in [1.165, 1.54) is 0 Å². The summed E-state index contributed by atoms with van der Waals surface area (Å²) in [4.78, 5) is 3.96. The minimum absolute atomic E-state index is 0.112. The number of aromatic nitrogens is 1. The molecule has 1 rings (SSSR count). The maximum Gasteiger partial charge on any atom is 0.214 e. The van der Waals surface area contributed by atoms with Gasteiger partial charge in [0.15, 0.2) is 0 Å². The summed E-state index contributed by atoms with van der Waals surface area (Å²) in [5, 5.41) is -0.446. The lowest BCUT2D eigenvalue weighted by Gasteiger charge is -2.06. The summed E-state index contributed by atoms with van der Waals surface area (Å²) in [5.74, 6) is 1.16. The lowest BCUT2D eigenvalue weighted by Crippen LogP contribution is -2.30. The normalized spacial score (nSPS) is 12.3. The maximum atomic E-state index is 11.4. The number of nitrogens with zero attached hydrogens (tertiary/aromatic N) is 1. The van der Waals surface area contributed by atoms with Crippen LogP contribution in [-0.2, 0) is 23.0 Å². The van der Waals surface area contributed by atoms with E-state index in [0.717, 1.165) is 12.2 Å². The Bertz CT molecular complexity index is 409. The molecule has 0 aliphatic heterocycles. The molecule has 0 amide bonds. The topological polar surface area (TPSA) is 72.2 Å². The van der Waals surface area contributed by atoms with Crippen molar-refractivity contribution in [3.8, 4) is 0 Å². The lowest BCUT2D eigenvalue weighted by molar-refractivity contribution is 0.451. The second-order valence-corrected chi connectivity index (χ2v) is 5.81. The summed E-state index contributed by atoms with van der Waals surface area (Å²) in [6.07, 6.45) is 2.36. The summed E-state index contributed by atoms with van der Waals surface area (Å²) in [6.45, 7) is 5.30. The highest BCUT2D eigenvalue weighted by molar-refractivity contribution is 7.90. The zero-order valence-electron chi connectivity index (χ0n) is 9.15. The first-order valence-corrected chi connectivity index (χ1v) is 6.42. The van der Waals surface area contributed by atoms with Crippen molar-refractivity contribution in [3.05, 3.63) is 17.8 Å². The first kappa shape index (κ1) is 12.2. The smallest absolute Gasteiger partial charge is 0.214 e. The van der Waals surface area contributed by atoms with Gasteiger partial charge in [-0.2, -0.15) is 0 Å². The second kappa shape index (κ2) is 4.76. The van der Waals surface area contributed by atoms with E-state index in [-0.39, 0.29) is 6.54 Å². The molecule has 0 saturated carbocycles. The first-order chi connectivity index (χ1) is 6.95. The molecule has 0 aromatic carbocycles. The number of hydrogen-bond acceptors (Lipinski definition) is 4. The summed E-state index contributed by atoms with van der Waals surface area (Å²) >= 11 is 0. The highest BCUT2D eigenvalue weighted by atomic mass is 32.2. The maximum absolute atomic E-state index is 11.4. The van der Waals surface area contributed by atoms with Crippen LogP contribution in [0.3, 0.4) is 0 Å². The number of rotatable bonds is 5. The molecule has 0 spiro atoms. The van der Waals surface area contributed by atoms with Crippen molar-refractivity contribution < 1.29 is 12.8 Å². The van der Waals surface area contributed by atoms with Crippen molar-refractivity contribution in [2.24, 2.45) is 0 Å². The third-order valence-electron chi connectivity index (χ3n) is 2.00. The van der Waals surface area contributed by atoms with Gasteiger partial charge < -0.3 is 4.42 Å². The predicted octanol–water partition coefficient (Wildman–Crippen LogP) is 1.06. The van der Waals surface area contributed by atoms with Gasteiger partial charge >= 0.3 is 0 Å². The number of hydrogen-bond donors (Lipinski definition) is 1. The van der Waals surface area contributed by atoms with E-state index >= 15 is 0 Å². The van der Waals surface area contributed by atoms with Gasteiger partial charge in [0.1, 0.15) is 5.76 Å². The van der Waals surface area contributed by atoms with Gasteiger partial charge in [-0.25, -0.2) is 18.1 Å². The Hall–Kier alpha value is -0.880. The molecule has 0 saturated heterocycles. The molecule has 5 nitrogen and oxygen atoms in total. The van der Waals surface area contributed by atoms with Gasteiger partial charge in [0, 0.05) is 6.42 Å². The standard InChI is InChI=1S/C9H16N2O3S/c1-4-8-5-10-9(14-8)6-11-15(12,13)7(2)3/h5,7,11H,4,6H2,1-3H3. The van der Waals surface area contributed by atoms with Crippen molar-refractivity contribution in [2.75, 3.05) is 0 Å². The van der Waals surface area contributed by atoms with E-state index in [1.807, 2.05) is 6.92 Å². The van der Waals surface area contributed by atoms with Gasteiger partial charge in [-0.15, -0.1) is 0 Å². The minimum atomic E-state index is -3.24. The van der Waals surface area contributed by atoms with Crippen LogP contribution in [0.5, 0.6) is 0 Å². The van der Waals surface area contributed by atoms with Crippen molar-refractivity contribution >= 4 is 10.0 Å². The van der Waals surface area contributed by atoms with Crippen molar-refractivity contribution in [1.29, 1.82) is 0 Å². The van der Waals surface area contributed by atoms with Crippen molar-refractivity contribution in [2.45, 2.75) is 39.0 Å². The Labute approximate surface area is 89.9 Å². The van der Waals surface area contributed by atoms with Gasteiger partial charge in [0.25, 0.3) is 0 Å². The van der Waals surface area contributed by atoms with E-state index in [9.17, 15) is 8.42 Å². The molecular weight excluding hydrogens is 216 g/mol. The molecule has 0 unspecified atom stereocenters. The van der Waals surface area contributed by atoms with Crippen LogP contribution in [0, 0.1) is 0 Å². The molecule has 86 valence electrons. The Morgan fingerprint density at radius 2 is 2.20 bits per heavy atom. The number of sulfonamides is 1. The van der Waals surface area contributed by atoms with Crippen LogP contribution >= 0.6 is 0 Å². The fourth-order valence-electron chi connectivity index (χ4n) is 0.922. The Kier molecular flexibility index (Phi) is 3.87. The molecule has 0 fully saturated rings. The van der Waals surface area contributed by atoms with Crippen LogP contribution in [0.1, 0.15) is 32.4 Å². The monoisotopic (exact) mass is 232 g/mol. The molecule has 6 heteroatoms. The highest BCUT2D eigenvalue weighted by Gasteiger charge is 2.16. The Morgan fingerprint density at radius 1 is 1.53 bits per heavy atom. The van der Waals surface area contributed by atoms with E-state index < -0.39 is 15.3 Å². The zero-order chi connectivity index (χ0) is 11.5. The number of oxazole rings is 1. The second-order valence-electron chi connectivity index (χ2n) is 3.49. The highest BCUT2D eigenvalue weighted by Crippen LogP contribution is 2.05. The molecule has 1 aromatic heterocycles. The average molecular weight is 232 g/mol. The van der Waals surface area contributed by atoms with E-state index in [4.69, 9.17) is 4.42 Å². The molecule has 0 aliphatic carbocycles. The zero-order valence-corrected chi connectivity index (χ0v) is 9.97. The molecule has 0 atom stereocenters. The molecule has 1 heterocycles. The molecule has 0 radical (unpaired) electrons. The Balaban J connectivity index is 2.58. The van der Waals surface area contributed by atoms with Crippen LogP contribution < -0.4 is 4.72 Å². The van der Waals surface area contributed by atoms with Crippen molar-refractivity contribution in [1.82, 2.24) is 9.71 Å². The lowest BCUT2D eigenvalue weighted by atomic mass is 10.4. The third-order valence-corrected chi connectivity index (χ3v) is 3.78. The average Bonchev–Trinajstić information content (AvgIpc) is 2.62. The largest absolute Gasteiger partial charge is 0.444 e. The van der Waals surface area contributed by atoms with E-state index in [2.05, 4.69) is 9.71 Å². The van der Waals surface area contributed by atoms with Gasteiger partial charge in [-0.05, 0) is 13.8 Å². The van der Waals surface area contributed by atoms with Gasteiger partial charge in [-0.3, -0.25) is 0 Å². The van der Waals surface area contributed by atoms with Gasteiger partial charge in [-0.1, -0.05) is 6.92 Å². The molecule has 1 aromatic rings. The van der Waals surface area contributed by atoms with Crippen LogP contribution in [0.15, 0.2) is 10.6 Å². The number of aryl methyl sites for hydroxylation is 1. The van der Waals surface area contributed by atoms with Crippen LogP contribution in [0.2, 0.25) is 0 Å². The van der Waals surface area contributed by atoms with E-state index in [1.54, 1.807) is 20.0 Å². The summed E-state index contributed by atoms with van der Waals surface area (Å²) < 4.78 is 30.5. The fraction of sp³-hybridized carbons (Fsp3) is 0.667. The molecule has 15 heavy (non-hydrogen) atoms. The SMILES string of the molecule is CCc1cnc(CNS(=O)(=O)C(C)C)o1. The molecular formula is C9H16N2O3S. The Morgan fingerprint density at radius 3 is 2.67 bits per heavy atom. The fourth-order valence-corrected chi connectivity index (χ4v) is 1.58. The third kappa shape index (κ3) is 3.32. The van der Waals surface area contributed by atoms with Crippen LogP contribution in [0.25, 0.3) is 0 Å². The molecule has 1 N–H and O–H groups in total. The summed E-state index contributed by atoms with van der Waals surface area (Å²) in [7, 11) is -3.24. The summed E-state index contributed by atoms with van der Waals surface area (Å²) in [5.41, 5.74) is 0. The van der Waals surface area contributed by atoms with E-state index in [0.29, 0.717) is 5.89 Å². The van der Waals surface area contributed by atoms with Crippen LogP contribution in [-0.4, -0.2) is 18.7 Å².